The normalized spacial score (nSPS) is 18.8. The average Bonchev–Trinajstić information content (AvgIpc) is 2.27. The number of piperidine rings is 1. The fourth-order valence-electron chi connectivity index (χ4n) is 1.98. The number of alkyl halides is 2. The first-order valence-electron chi connectivity index (χ1n) is 5.34. The molecule has 1 aliphatic rings. The van der Waals surface area contributed by atoms with Crippen molar-refractivity contribution in [2.75, 3.05) is 18.0 Å². The molecule has 0 radical (unpaired) electrons. The maximum atomic E-state index is 13.3. The molecule has 0 unspecified atom stereocenters. The minimum atomic E-state index is -2.61. The van der Waals surface area contributed by atoms with Gasteiger partial charge in [0.2, 0.25) is 0 Å². The summed E-state index contributed by atoms with van der Waals surface area (Å²) in [6.45, 7) is 0.388. The van der Waals surface area contributed by atoms with E-state index in [0.29, 0.717) is 23.0 Å². The highest BCUT2D eigenvalue weighted by atomic mass is 79.9. The van der Waals surface area contributed by atoms with Gasteiger partial charge in [-0.25, -0.2) is 8.78 Å². The second-order valence-electron chi connectivity index (χ2n) is 4.16. The van der Waals surface area contributed by atoms with Crippen molar-refractivity contribution in [3.05, 3.63) is 28.2 Å². The highest BCUT2D eigenvalue weighted by Gasteiger charge is 2.35. The minimum absolute atomic E-state index is 0.0407. The first-order valence-corrected chi connectivity index (χ1v) is 6.13. The molecule has 1 saturated heterocycles. The summed E-state index contributed by atoms with van der Waals surface area (Å²) < 4.78 is 27.2. The smallest absolute Gasteiger partial charge is 0.265 e. The number of benzene rings is 1. The van der Waals surface area contributed by atoms with Crippen LogP contribution >= 0.6 is 15.9 Å². The van der Waals surface area contributed by atoms with E-state index in [2.05, 4.69) is 15.9 Å². The molecular weight excluding hydrogens is 290 g/mol. The summed E-state index contributed by atoms with van der Waals surface area (Å²) in [6.07, 6.45) is 0.450. The summed E-state index contributed by atoms with van der Waals surface area (Å²) in [6, 6.07) is 7.11. The molecule has 0 aromatic heterocycles. The number of anilines is 1. The first kappa shape index (κ1) is 12.3. The number of nitriles is 1. The third kappa shape index (κ3) is 2.75. The van der Waals surface area contributed by atoms with Crippen LogP contribution in [0.2, 0.25) is 0 Å². The third-order valence-corrected chi connectivity index (χ3v) is 3.49. The van der Waals surface area contributed by atoms with Crippen molar-refractivity contribution in [1.29, 1.82) is 5.26 Å². The van der Waals surface area contributed by atoms with Crippen molar-refractivity contribution < 1.29 is 8.78 Å². The zero-order valence-corrected chi connectivity index (χ0v) is 10.7. The quantitative estimate of drug-likeness (QED) is 0.793. The van der Waals surface area contributed by atoms with Gasteiger partial charge in [-0.05, 0) is 40.5 Å². The van der Waals surface area contributed by atoms with Gasteiger partial charge in [0.15, 0.2) is 0 Å². The SMILES string of the molecule is N#Cc1ccc(N2CCCC(F)(F)C2)cc1Br. The van der Waals surface area contributed by atoms with Gasteiger partial charge >= 0.3 is 0 Å². The topological polar surface area (TPSA) is 27.0 Å². The van der Waals surface area contributed by atoms with Crippen LogP contribution in [-0.2, 0) is 0 Å². The zero-order chi connectivity index (χ0) is 12.5. The van der Waals surface area contributed by atoms with Gasteiger partial charge < -0.3 is 4.90 Å². The molecule has 2 rings (SSSR count). The largest absolute Gasteiger partial charge is 0.365 e. The Bertz CT molecular complexity index is 468. The fourth-order valence-corrected chi connectivity index (χ4v) is 2.43. The second-order valence-corrected chi connectivity index (χ2v) is 5.01. The van der Waals surface area contributed by atoms with Crippen LogP contribution in [0.4, 0.5) is 14.5 Å². The van der Waals surface area contributed by atoms with Crippen LogP contribution in [0.15, 0.2) is 22.7 Å². The lowest BCUT2D eigenvalue weighted by Crippen LogP contribution is -2.42. The highest BCUT2D eigenvalue weighted by molar-refractivity contribution is 9.10. The van der Waals surface area contributed by atoms with Crippen molar-refractivity contribution in [2.45, 2.75) is 18.8 Å². The number of hydrogen-bond donors (Lipinski definition) is 0. The van der Waals surface area contributed by atoms with Crippen LogP contribution in [-0.4, -0.2) is 19.0 Å². The van der Waals surface area contributed by atoms with E-state index in [9.17, 15) is 8.78 Å². The standard InChI is InChI=1S/C12H11BrF2N2/c13-11-6-10(3-2-9(11)7-16)17-5-1-4-12(14,15)8-17/h2-3,6H,1,4-5,8H2. The molecule has 0 N–H and O–H groups in total. The molecule has 0 spiro atoms. The lowest BCUT2D eigenvalue weighted by molar-refractivity contribution is -0.0116. The molecule has 0 amide bonds. The molecule has 5 heteroatoms. The van der Waals surface area contributed by atoms with Crippen LogP contribution in [0.3, 0.4) is 0 Å². The molecule has 1 aromatic carbocycles. The molecule has 1 fully saturated rings. The van der Waals surface area contributed by atoms with Gasteiger partial charge in [-0.15, -0.1) is 0 Å². The Morgan fingerprint density at radius 1 is 1.41 bits per heavy atom. The Balaban J connectivity index is 2.23. The molecule has 0 aliphatic carbocycles. The van der Waals surface area contributed by atoms with Crippen LogP contribution < -0.4 is 4.90 Å². The van der Waals surface area contributed by atoms with Gasteiger partial charge in [-0.1, -0.05) is 0 Å². The maximum absolute atomic E-state index is 13.3. The molecule has 1 aromatic rings. The number of hydrogen-bond acceptors (Lipinski definition) is 2. The Hall–Kier alpha value is -1.15. The van der Waals surface area contributed by atoms with Crippen LogP contribution in [0.5, 0.6) is 0 Å². The molecule has 0 atom stereocenters. The van der Waals surface area contributed by atoms with Crippen molar-refractivity contribution >= 4 is 21.6 Å². The van der Waals surface area contributed by atoms with E-state index in [1.165, 1.54) is 0 Å². The summed E-state index contributed by atoms with van der Waals surface area (Å²) in [7, 11) is 0. The predicted molar refractivity (Wildman–Crippen MR) is 65.3 cm³/mol. The Morgan fingerprint density at radius 2 is 2.18 bits per heavy atom. The summed E-state index contributed by atoms with van der Waals surface area (Å²) in [5, 5.41) is 8.79. The van der Waals surface area contributed by atoms with Crippen molar-refractivity contribution in [2.24, 2.45) is 0 Å². The van der Waals surface area contributed by atoms with E-state index in [1.54, 1.807) is 23.1 Å². The van der Waals surface area contributed by atoms with Crippen molar-refractivity contribution in [3.63, 3.8) is 0 Å². The van der Waals surface area contributed by atoms with E-state index in [1.807, 2.05) is 6.07 Å². The van der Waals surface area contributed by atoms with E-state index in [0.717, 1.165) is 5.69 Å². The van der Waals surface area contributed by atoms with Crippen LogP contribution in [0.25, 0.3) is 0 Å². The summed E-state index contributed by atoms with van der Waals surface area (Å²) in [4.78, 5) is 1.66. The van der Waals surface area contributed by atoms with E-state index >= 15 is 0 Å². The number of rotatable bonds is 1. The predicted octanol–water partition coefficient (Wildman–Crippen LogP) is 3.56. The summed E-state index contributed by atoms with van der Waals surface area (Å²) in [5.41, 5.74) is 1.24. The molecular formula is C12H11BrF2N2. The number of halogens is 3. The fraction of sp³-hybridized carbons (Fsp3) is 0.417. The van der Waals surface area contributed by atoms with E-state index in [4.69, 9.17) is 5.26 Å². The highest BCUT2D eigenvalue weighted by Crippen LogP contribution is 2.31. The van der Waals surface area contributed by atoms with Gasteiger partial charge in [0.1, 0.15) is 6.07 Å². The third-order valence-electron chi connectivity index (χ3n) is 2.83. The van der Waals surface area contributed by atoms with Gasteiger partial charge in [0.25, 0.3) is 5.92 Å². The van der Waals surface area contributed by atoms with E-state index < -0.39 is 5.92 Å². The first-order chi connectivity index (χ1) is 8.02. The lowest BCUT2D eigenvalue weighted by atomic mass is 10.1. The molecule has 2 nitrogen and oxygen atoms in total. The summed E-state index contributed by atoms with van der Waals surface area (Å²) >= 11 is 3.27. The molecule has 90 valence electrons. The van der Waals surface area contributed by atoms with Crippen LogP contribution in [0, 0.1) is 11.3 Å². The minimum Gasteiger partial charge on any atom is -0.365 e. The second kappa shape index (κ2) is 4.61. The van der Waals surface area contributed by atoms with E-state index in [-0.39, 0.29) is 13.0 Å². The van der Waals surface area contributed by atoms with Crippen molar-refractivity contribution in [1.82, 2.24) is 0 Å². The molecule has 0 saturated carbocycles. The Kier molecular flexibility index (Phi) is 3.34. The van der Waals surface area contributed by atoms with Gasteiger partial charge in [0, 0.05) is 23.1 Å². The molecule has 17 heavy (non-hydrogen) atoms. The Morgan fingerprint density at radius 3 is 2.76 bits per heavy atom. The van der Waals surface area contributed by atoms with Gasteiger partial charge in [0.05, 0.1) is 12.1 Å². The zero-order valence-electron chi connectivity index (χ0n) is 9.09. The van der Waals surface area contributed by atoms with Crippen molar-refractivity contribution in [3.8, 4) is 6.07 Å². The molecule has 1 aliphatic heterocycles. The van der Waals surface area contributed by atoms with Gasteiger partial charge in [-0.3, -0.25) is 0 Å². The average molecular weight is 301 g/mol. The lowest BCUT2D eigenvalue weighted by Gasteiger charge is -2.34. The Labute approximate surface area is 107 Å². The molecule has 0 bridgehead atoms. The number of nitrogens with zero attached hydrogens (tertiary/aromatic N) is 2. The van der Waals surface area contributed by atoms with Crippen LogP contribution in [0.1, 0.15) is 18.4 Å². The maximum Gasteiger partial charge on any atom is 0.265 e. The summed E-state index contributed by atoms with van der Waals surface area (Å²) in [5.74, 6) is -2.61. The van der Waals surface area contributed by atoms with Gasteiger partial charge in [-0.2, -0.15) is 5.26 Å². The molecule has 1 heterocycles. The monoisotopic (exact) mass is 300 g/mol.